The monoisotopic (exact) mass is 436 g/mol. The number of nitrogens with zero attached hydrogens (tertiary/aromatic N) is 7. The van der Waals surface area contributed by atoms with Crippen LogP contribution in [0.4, 0.5) is 10.2 Å². The van der Waals surface area contributed by atoms with Crippen molar-refractivity contribution in [2.45, 2.75) is 62.4 Å². The zero-order chi connectivity index (χ0) is 21.8. The second-order valence-electron chi connectivity index (χ2n) is 9.05. The van der Waals surface area contributed by atoms with E-state index in [1.807, 2.05) is 6.07 Å². The summed E-state index contributed by atoms with van der Waals surface area (Å²) in [7, 11) is 1.79. The van der Waals surface area contributed by atoms with Crippen molar-refractivity contribution in [2.24, 2.45) is 7.05 Å². The number of phenols is 1. The Morgan fingerprint density at radius 3 is 2.69 bits per heavy atom. The van der Waals surface area contributed by atoms with Gasteiger partial charge in [0.05, 0.1) is 17.8 Å². The SMILES string of the molecule is Cn1cnc(-c2ccc(-c3ncc(N(C4CC4)[C@@H]4C[C@@H]5CC[C@@H](N5)[C@@H]4F)nn3)c(O)c2)n1. The number of aryl methyl sites for hydroxylation is 1. The number of fused-ring (bicyclic) bond motifs is 2. The highest BCUT2D eigenvalue weighted by Crippen LogP contribution is 2.40. The molecule has 6 rings (SSSR count). The number of anilines is 1. The first-order valence-electron chi connectivity index (χ1n) is 11.1. The van der Waals surface area contributed by atoms with Crippen LogP contribution in [-0.2, 0) is 7.05 Å². The number of aromatic hydroxyl groups is 1. The van der Waals surface area contributed by atoms with E-state index in [2.05, 4.69) is 35.5 Å². The molecule has 0 amide bonds. The standard InChI is InChI=1S/C22H25FN8O/c1-30-11-25-21(29-30)12-2-6-15(18(32)8-12)22-24-10-19(27-28-22)31(14-4-5-14)17-9-13-3-7-16(26-13)20(17)23/h2,6,8,10-11,13-14,16-17,20,26,32H,3-5,7,9H2,1H3/t13-,16+,17+,20-/m0/s1. The van der Waals surface area contributed by atoms with E-state index in [9.17, 15) is 5.11 Å². The predicted octanol–water partition coefficient (Wildman–Crippen LogP) is 2.24. The largest absolute Gasteiger partial charge is 0.507 e. The molecule has 10 heteroatoms. The lowest BCUT2D eigenvalue weighted by Crippen LogP contribution is -2.57. The highest BCUT2D eigenvalue weighted by Gasteiger charge is 2.48. The van der Waals surface area contributed by atoms with Gasteiger partial charge >= 0.3 is 0 Å². The fourth-order valence-corrected chi connectivity index (χ4v) is 5.07. The number of phenolic OH excluding ortho intramolecular Hbond substituents is 1. The Labute approximate surface area is 184 Å². The fraction of sp³-hybridized carbons (Fsp3) is 0.500. The Hall–Kier alpha value is -3.14. The summed E-state index contributed by atoms with van der Waals surface area (Å²) in [6.07, 6.45) is 7.13. The van der Waals surface area contributed by atoms with E-state index >= 15 is 4.39 Å². The number of hydrogen-bond acceptors (Lipinski definition) is 8. The van der Waals surface area contributed by atoms with Crippen molar-refractivity contribution in [3.8, 4) is 28.5 Å². The number of rotatable bonds is 5. The van der Waals surface area contributed by atoms with Gasteiger partial charge in [-0.25, -0.2) is 14.4 Å². The normalized spacial score (nSPS) is 26.9. The van der Waals surface area contributed by atoms with Gasteiger partial charge in [-0.05, 0) is 44.2 Å². The van der Waals surface area contributed by atoms with Crippen LogP contribution in [0.3, 0.4) is 0 Å². The van der Waals surface area contributed by atoms with Gasteiger partial charge in [0.2, 0.25) is 0 Å². The average molecular weight is 436 g/mol. The van der Waals surface area contributed by atoms with E-state index in [4.69, 9.17) is 0 Å². The Morgan fingerprint density at radius 2 is 2.00 bits per heavy atom. The lowest BCUT2D eigenvalue weighted by Gasteiger charge is -2.40. The van der Waals surface area contributed by atoms with Crippen LogP contribution in [0.1, 0.15) is 32.1 Å². The highest BCUT2D eigenvalue weighted by atomic mass is 19.1. The van der Waals surface area contributed by atoms with Crippen molar-refractivity contribution < 1.29 is 9.50 Å². The molecular weight excluding hydrogens is 411 g/mol. The third-order valence-corrected chi connectivity index (χ3v) is 6.76. The summed E-state index contributed by atoms with van der Waals surface area (Å²) in [5.74, 6) is 1.49. The molecule has 32 heavy (non-hydrogen) atoms. The Bertz CT molecular complexity index is 1130. The summed E-state index contributed by atoms with van der Waals surface area (Å²) < 4.78 is 16.8. The Kier molecular flexibility index (Phi) is 4.56. The summed E-state index contributed by atoms with van der Waals surface area (Å²) in [5, 5.41) is 26.9. The number of nitrogens with one attached hydrogen (secondary N) is 1. The number of alkyl halides is 1. The van der Waals surface area contributed by atoms with E-state index in [1.165, 1.54) is 0 Å². The molecule has 2 saturated heterocycles. The molecule has 2 N–H and O–H groups in total. The maximum absolute atomic E-state index is 15.2. The van der Waals surface area contributed by atoms with Crippen LogP contribution in [0.25, 0.3) is 22.8 Å². The molecule has 4 heterocycles. The molecule has 0 radical (unpaired) electrons. The van der Waals surface area contributed by atoms with Gasteiger partial charge in [0.15, 0.2) is 17.5 Å². The van der Waals surface area contributed by atoms with Gasteiger partial charge in [-0.15, -0.1) is 10.2 Å². The van der Waals surface area contributed by atoms with E-state index in [0.717, 1.165) is 32.1 Å². The molecule has 1 aromatic carbocycles. The van der Waals surface area contributed by atoms with Gasteiger partial charge in [-0.2, -0.15) is 5.10 Å². The third kappa shape index (κ3) is 3.38. The molecule has 1 aliphatic carbocycles. The van der Waals surface area contributed by atoms with E-state index in [1.54, 1.807) is 36.4 Å². The molecule has 2 aromatic heterocycles. The van der Waals surface area contributed by atoms with Crippen LogP contribution < -0.4 is 10.2 Å². The summed E-state index contributed by atoms with van der Waals surface area (Å²) in [6, 6.07) is 5.57. The lowest BCUT2D eigenvalue weighted by molar-refractivity contribution is 0.171. The number of benzene rings is 1. The minimum absolute atomic E-state index is 0.0299. The maximum atomic E-state index is 15.2. The number of halogens is 1. The van der Waals surface area contributed by atoms with E-state index < -0.39 is 6.17 Å². The number of piperidine rings is 1. The first-order chi connectivity index (χ1) is 15.6. The van der Waals surface area contributed by atoms with Gasteiger partial charge in [0.1, 0.15) is 18.2 Å². The fourth-order valence-electron chi connectivity index (χ4n) is 5.07. The minimum Gasteiger partial charge on any atom is -0.507 e. The zero-order valence-electron chi connectivity index (χ0n) is 17.8. The Morgan fingerprint density at radius 1 is 1.12 bits per heavy atom. The first-order valence-corrected chi connectivity index (χ1v) is 11.1. The molecule has 9 nitrogen and oxygen atoms in total. The van der Waals surface area contributed by atoms with Gasteiger partial charge < -0.3 is 15.3 Å². The molecule has 1 saturated carbocycles. The lowest BCUT2D eigenvalue weighted by atomic mass is 9.96. The molecule has 4 atom stereocenters. The minimum atomic E-state index is -0.923. The zero-order valence-corrected chi connectivity index (χ0v) is 17.8. The maximum Gasteiger partial charge on any atom is 0.185 e. The second kappa shape index (κ2) is 7.47. The molecule has 3 aromatic rings. The smallest absolute Gasteiger partial charge is 0.185 e. The van der Waals surface area contributed by atoms with Crippen molar-refractivity contribution in [3.63, 3.8) is 0 Å². The van der Waals surface area contributed by atoms with Gasteiger partial charge in [-0.3, -0.25) is 4.68 Å². The Balaban J connectivity index is 1.27. The van der Waals surface area contributed by atoms with Crippen molar-refractivity contribution in [2.75, 3.05) is 4.90 Å². The number of hydrogen-bond donors (Lipinski definition) is 2. The summed E-state index contributed by atoms with van der Waals surface area (Å²) >= 11 is 0. The number of aromatic nitrogens is 6. The van der Waals surface area contributed by atoms with Crippen molar-refractivity contribution in [1.82, 2.24) is 35.3 Å². The van der Waals surface area contributed by atoms with Crippen molar-refractivity contribution >= 4 is 5.82 Å². The van der Waals surface area contributed by atoms with Crippen LogP contribution in [0, 0.1) is 0 Å². The highest BCUT2D eigenvalue weighted by molar-refractivity contribution is 5.70. The molecular formula is C22H25FN8O. The second-order valence-corrected chi connectivity index (χ2v) is 9.05. The molecule has 3 aliphatic rings. The van der Waals surface area contributed by atoms with Crippen LogP contribution in [0.2, 0.25) is 0 Å². The average Bonchev–Trinajstić information content (AvgIpc) is 3.39. The third-order valence-electron chi connectivity index (χ3n) is 6.76. The quantitative estimate of drug-likeness (QED) is 0.628. The van der Waals surface area contributed by atoms with E-state index in [-0.39, 0.29) is 17.8 Å². The van der Waals surface area contributed by atoms with Crippen LogP contribution in [-0.4, -0.2) is 65.4 Å². The molecule has 3 fully saturated rings. The van der Waals surface area contributed by atoms with Gasteiger partial charge in [0.25, 0.3) is 0 Å². The predicted molar refractivity (Wildman–Crippen MR) is 116 cm³/mol. The molecule has 2 aliphatic heterocycles. The molecule has 166 valence electrons. The molecule has 0 spiro atoms. The molecule has 0 unspecified atom stereocenters. The van der Waals surface area contributed by atoms with E-state index in [0.29, 0.717) is 40.7 Å². The van der Waals surface area contributed by atoms with Crippen molar-refractivity contribution in [1.29, 1.82) is 0 Å². The van der Waals surface area contributed by atoms with Crippen LogP contribution >= 0.6 is 0 Å². The van der Waals surface area contributed by atoms with Gasteiger partial charge in [-0.1, -0.05) is 6.07 Å². The summed E-state index contributed by atoms with van der Waals surface area (Å²) in [5.41, 5.74) is 1.18. The molecule has 2 bridgehead atoms. The first kappa shape index (κ1) is 19.5. The summed E-state index contributed by atoms with van der Waals surface area (Å²) in [4.78, 5) is 10.8. The van der Waals surface area contributed by atoms with Gasteiger partial charge in [0, 0.05) is 30.7 Å². The van der Waals surface area contributed by atoms with Crippen LogP contribution in [0.5, 0.6) is 5.75 Å². The van der Waals surface area contributed by atoms with Crippen LogP contribution in [0.15, 0.2) is 30.7 Å². The van der Waals surface area contributed by atoms with Crippen molar-refractivity contribution in [3.05, 3.63) is 30.7 Å². The summed E-state index contributed by atoms with van der Waals surface area (Å²) in [6.45, 7) is 0. The topological polar surface area (TPSA) is 105 Å².